The Kier molecular flexibility index (Phi) is 4.85. The summed E-state index contributed by atoms with van der Waals surface area (Å²) in [5.74, 6) is -1.53. The van der Waals surface area contributed by atoms with Crippen molar-refractivity contribution in [1.29, 1.82) is 0 Å². The molecule has 2 nitrogen and oxygen atoms in total. The first kappa shape index (κ1) is 15.4. The van der Waals surface area contributed by atoms with Gasteiger partial charge in [0, 0.05) is 24.2 Å². The average Bonchev–Trinajstić information content (AvgIpc) is 2.40. The molecule has 0 saturated heterocycles. The van der Waals surface area contributed by atoms with E-state index >= 15 is 0 Å². The van der Waals surface area contributed by atoms with E-state index in [9.17, 15) is 13.2 Å². The van der Waals surface area contributed by atoms with Crippen LogP contribution >= 0.6 is 0 Å². The third-order valence-electron chi connectivity index (χ3n) is 3.09. The predicted molar refractivity (Wildman–Crippen MR) is 74.8 cm³/mol. The summed E-state index contributed by atoms with van der Waals surface area (Å²) in [6.45, 7) is 1.92. The summed E-state index contributed by atoms with van der Waals surface area (Å²) >= 11 is 0. The van der Waals surface area contributed by atoms with E-state index in [4.69, 9.17) is 10.5 Å². The third-order valence-corrected chi connectivity index (χ3v) is 3.09. The van der Waals surface area contributed by atoms with E-state index in [1.54, 1.807) is 0 Å². The van der Waals surface area contributed by atoms with Gasteiger partial charge in [0.2, 0.25) is 0 Å². The molecule has 2 aromatic rings. The van der Waals surface area contributed by atoms with Gasteiger partial charge in [0.05, 0.1) is 0 Å². The molecule has 0 bridgehead atoms. The standard InChI is InChI=1S/C16H16F3NO/c1-2-14(20)6-10-5-11(17)3-4-16(10)21-15-8-12(18)7-13(19)9-15/h3-5,7-9,14H,2,6,20H2,1H3. The van der Waals surface area contributed by atoms with Crippen molar-refractivity contribution >= 4 is 0 Å². The van der Waals surface area contributed by atoms with Gasteiger partial charge in [-0.1, -0.05) is 6.92 Å². The predicted octanol–water partition coefficient (Wildman–Crippen LogP) is 4.18. The van der Waals surface area contributed by atoms with Crippen LogP contribution in [0.15, 0.2) is 36.4 Å². The van der Waals surface area contributed by atoms with Crippen LogP contribution in [0.2, 0.25) is 0 Å². The highest BCUT2D eigenvalue weighted by Gasteiger charge is 2.11. The molecule has 0 aliphatic rings. The molecule has 2 aromatic carbocycles. The van der Waals surface area contributed by atoms with Crippen molar-refractivity contribution < 1.29 is 17.9 Å². The minimum Gasteiger partial charge on any atom is -0.457 e. The molecular formula is C16H16F3NO. The van der Waals surface area contributed by atoms with Gasteiger partial charge in [0.1, 0.15) is 29.0 Å². The van der Waals surface area contributed by atoms with Crippen LogP contribution in [0.1, 0.15) is 18.9 Å². The molecule has 21 heavy (non-hydrogen) atoms. The Labute approximate surface area is 121 Å². The number of ether oxygens (including phenoxy) is 1. The molecule has 0 saturated carbocycles. The number of benzene rings is 2. The van der Waals surface area contributed by atoms with E-state index in [1.807, 2.05) is 6.92 Å². The lowest BCUT2D eigenvalue weighted by Crippen LogP contribution is -2.21. The van der Waals surface area contributed by atoms with Gasteiger partial charge in [0.15, 0.2) is 0 Å². The van der Waals surface area contributed by atoms with Crippen molar-refractivity contribution in [3.63, 3.8) is 0 Å². The number of nitrogens with two attached hydrogens (primary N) is 1. The van der Waals surface area contributed by atoms with Crippen LogP contribution in [0, 0.1) is 17.5 Å². The second-order valence-corrected chi connectivity index (χ2v) is 4.83. The number of halogens is 3. The lowest BCUT2D eigenvalue weighted by atomic mass is 10.0. The van der Waals surface area contributed by atoms with Crippen molar-refractivity contribution in [3.8, 4) is 11.5 Å². The van der Waals surface area contributed by atoms with E-state index < -0.39 is 17.5 Å². The normalized spacial score (nSPS) is 12.2. The molecule has 0 aliphatic heterocycles. The van der Waals surface area contributed by atoms with Crippen LogP contribution in [0.5, 0.6) is 11.5 Å². The third kappa shape index (κ3) is 4.23. The van der Waals surface area contributed by atoms with Gasteiger partial charge >= 0.3 is 0 Å². The highest BCUT2D eigenvalue weighted by molar-refractivity contribution is 5.39. The van der Waals surface area contributed by atoms with Crippen LogP contribution in [0.3, 0.4) is 0 Å². The van der Waals surface area contributed by atoms with Gasteiger partial charge in [-0.3, -0.25) is 0 Å². The van der Waals surface area contributed by atoms with E-state index in [2.05, 4.69) is 0 Å². The zero-order valence-corrected chi connectivity index (χ0v) is 11.6. The molecule has 1 unspecified atom stereocenters. The minimum absolute atomic E-state index is 0.0189. The molecular weight excluding hydrogens is 279 g/mol. The molecule has 2 rings (SSSR count). The first-order valence-corrected chi connectivity index (χ1v) is 6.66. The monoisotopic (exact) mass is 295 g/mol. The van der Waals surface area contributed by atoms with Crippen molar-refractivity contribution in [2.75, 3.05) is 0 Å². The van der Waals surface area contributed by atoms with Crippen molar-refractivity contribution in [3.05, 3.63) is 59.4 Å². The maximum atomic E-state index is 13.4. The quantitative estimate of drug-likeness (QED) is 0.898. The number of hydrogen-bond acceptors (Lipinski definition) is 2. The summed E-state index contributed by atoms with van der Waals surface area (Å²) in [6, 6.07) is 6.72. The van der Waals surface area contributed by atoms with Gasteiger partial charge in [-0.2, -0.15) is 0 Å². The maximum absolute atomic E-state index is 13.4. The fourth-order valence-corrected chi connectivity index (χ4v) is 1.95. The van der Waals surface area contributed by atoms with Gasteiger partial charge < -0.3 is 10.5 Å². The summed E-state index contributed by atoms with van der Waals surface area (Å²) < 4.78 is 45.1. The van der Waals surface area contributed by atoms with Crippen LogP contribution in [0.25, 0.3) is 0 Å². The Bertz CT molecular complexity index is 611. The lowest BCUT2D eigenvalue weighted by Gasteiger charge is -2.14. The lowest BCUT2D eigenvalue weighted by molar-refractivity contribution is 0.457. The van der Waals surface area contributed by atoms with E-state index in [0.717, 1.165) is 24.6 Å². The second-order valence-electron chi connectivity index (χ2n) is 4.83. The zero-order chi connectivity index (χ0) is 15.4. The minimum atomic E-state index is -0.737. The van der Waals surface area contributed by atoms with Gasteiger partial charge in [-0.25, -0.2) is 13.2 Å². The molecule has 5 heteroatoms. The van der Waals surface area contributed by atoms with E-state index in [-0.39, 0.29) is 11.8 Å². The number of hydrogen-bond donors (Lipinski definition) is 1. The zero-order valence-electron chi connectivity index (χ0n) is 11.6. The Balaban J connectivity index is 2.30. The van der Waals surface area contributed by atoms with Crippen molar-refractivity contribution in [1.82, 2.24) is 0 Å². The van der Waals surface area contributed by atoms with Gasteiger partial charge in [0.25, 0.3) is 0 Å². The van der Waals surface area contributed by atoms with Crippen LogP contribution in [0.4, 0.5) is 13.2 Å². The van der Waals surface area contributed by atoms with Gasteiger partial charge in [-0.05, 0) is 36.6 Å². The molecule has 1 atom stereocenters. The van der Waals surface area contributed by atoms with Crippen molar-refractivity contribution in [2.24, 2.45) is 5.73 Å². The molecule has 0 spiro atoms. The molecule has 0 aromatic heterocycles. The number of rotatable bonds is 5. The smallest absolute Gasteiger partial charge is 0.133 e. The first-order chi connectivity index (χ1) is 9.97. The van der Waals surface area contributed by atoms with Crippen LogP contribution in [-0.2, 0) is 6.42 Å². The summed E-state index contributed by atoms with van der Waals surface area (Å²) in [4.78, 5) is 0. The average molecular weight is 295 g/mol. The summed E-state index contributed by atoms with van der Waals surface area (Å²) in [6.07, 6.45) is 1.14. The fraction of sp³-hybridized carbons (Fsp3) is 0.250. The maximum Gasteiger partial charge on any atom is 0.133 e. The molecule has 0 heterocycles. The highest BCUT2D eigenvalue weighted by atomic mass is 19.1. The van der Waals surface area contributed by atoms with Crippen LogP contribution in [-0.4, -0.2) is 6.04 Å². The first-order valence-electron chi connectivity index (χ1n) is 6.66. The second kappa shape index (κ2) is 6.63. The summed E-state index contributed by atoms with van der Waals surface area (Å²) in [5.41, 5.74) is 6.43. The van der Waals surface area contributed by atoms with E-state index in [0.29, 0.717) is 17.7 Å². The van der Waals surface area contributed by atoms with Gasteiger partial charge in [-0.15, -0.1) is 0 Å². The Morgan fingerprint density at radius 3 is 2.29 bits per heavy atom. The topological polar surface area (TPSA) is 35.2 Å². The largest absolute Gasteiger partial charge is 0.457 e. The molecule has 0 radical (unpaired) electrons. The molecule has 112 valence electrons. The Morgan fingerprint density at radius 1 is 1.00 bits per heavy atom. The molecule has 0 amide bonds. The highest BCUT2D eigenvalue weighted by Crippen LogP contribution is 2.28. The van der Waals surface area contributed by atoms with E-state index in [1.165, 1.54) is 18.2 Å². The Hall–Kier alpha value is -2.01. The SMILES string of the molecule is CCC(N)Cc1cc(F)ccc1Oc1cc(F)cc(F)c1. The molecule has 0 aliphatic carbocycles. The van der Waals surface area contributed by atoms with Crippen molar-refractivity contribution in [2.45, 2.75) is 25.8 Å². The molecule has 2 N–H and O–H groups in total. The Morgan fingerprint density at radius 2 is 1.67 bits per heavy atom. The fourth-order valence-electron chi connectivity index (χ4n) is 1.95. The molecule has 0 fully saturated rings. The van der Waals surface area contributed by atoms with Crippen LogP contribution < -0.4 is 10.5 Å². The summed E-state index contributed by atoms with van der Waals surface area (Å²) in [5, 5.41) is 0. The summed E-state index contributed by atoms with van der Waals surface area (Å²) in [7, 11) is 0.